The van der Waals surface area contributed by atoms with Crippen LogP contribution >= 0.6 is 11.3 Å². The second-order valence-corrected chi connectivity index (χ2v) is 10.5. The monoisotopic (exact) mass is 391 g/mol. The quantitative estimate of drug-likeness (QED) is 0.544. The van der Waals surface area contributed by atoms with Gasteiger partial charge in [-0.25, -0.2) is 4.79 Å². The van der Waals surface area contributed by atoms with Crippen molar-refractivity contribution in [1.82, 2.24) is 0 Å². The van der Waals surface area contributed by atoms with Crippen molar-refractivity contribution in [3.63, 3.8) is 0 Å². The van der Waals surface area contributed by atoms with Gasteiger partial charge in [-0.1, -0.05) is 51.4 Å². The van der Waals surface area contributed by atoms with Crippen molar-refractivity contribution in [3.05, 3.63) is 15.8 Å². The number of ether oxygens (including phenoxy) is 1. The van der Waals surface area contributed by atoms with Crippen molar-refractivity contribution in [2.24, 2.45) is 11.8 Å². The minimum absolute atomic E-state index is 0.327. The van der Waals surface area contributed by atoms with Gasteiger partial charge in [0.2, 0.25) is 0 Å². The first kappa shape index (κ1) is 20.7. The smallest absolute Gasteiger partial charge is 0.412 e. The van der Waals surface area contributed by atoms with Gasteiger partial charge in [-0.15, -0.1) is 11.3 Å². The van der Waals surface area contributed by atoms with Crippen LogP contribution in [0.15, 0.2) is 5.38 Å². The lowest BCUT2D eigenvalue weighted by Crippen LogP contribution is -2.27. The highest BCUT2D eigenvalue weighted by molar-refractivity contribution is 7.10. The summed E-state index contributed by atoms with van der Waals surface area (Å²) in [5, 5.41) is 5.19. The number of anilines is 1. The second-order valence-electron chi connectivity index (χ2n) is 9.58. The van der Waals surface area contributed by atoms with Gasteiger partial charge in [-0.05, 0) is 63.9 Å². The Hall–Kier alpha value is -1.03. The van der Waals surface area contributed by atoms with Crippen LogP contribution in [-0.4, -0.2) is 11.7 Å². The molecule has 1 saturated carbocycles. The molecule has 0 aliphatic heterocycles. The van der Waals surface area contributed by atoms with Gasteiger partial charge in [0, 0.05) is 10.3 Å². The predicted octanol–water partition coefficient (Wildman–Crippen LogP) is 7.34. The number of carbonyl (C=O) groups is 1. The molecule has 27 heavy (non-hydrogen) atoms. The summed E-state index contributed by atoms with van der Waals surface area (Å²) >= 11 is 1.83. The summed E-state index contributed by atoms with van der Waals surface area (Å²) in [5.41, 5.74) is 1.93. The van der Waals surface area contributed by atoms with Gasteiger partial charge in [-0.2, -0.15) is 0 Å². The average molecular weight is 392 g/mol. The number of hydrogen-bond acceptors (Lipinski definition) is 3. The van der Waals surface area contributed by atoms with Crippen LogP contribution < -0.4 is 5.32 Å². The molecule has 2 aliphatic carbocycles. The van der Waals surface area contributed by atoms with Crippen LogP contribution in [0, 0.1) is 11.8 Å². The van der Waals surface area contributed by atoms with Gasteiger partial charge in [0.15, 0.2) is 0 Å². The minimum atomic E-state index is -0.463. The number of carbonyl (C=O) groups excluding carboxylic acids is 1. The summed E-state index contributed by atoms with van der Waals surface area (Å²) in [6.07, 6.45) is 15.8. The fourth-order valence-corrected chi connectivity index (χ4v) is 5.68. The predicted molar refractivity (Wildman–Crippen MR) is 115 cm³/mol. The molecule has 0 radical (unpaired) electrons. The number of amides is 1. The second kappa shape index (κ2) is 9.45. The maximum absolute atomic E-state index is 12.3. The summed E-state index contributed by atoms with van der Waals surface area (Å²) in [4.78, 5) is 13.8. The largest absolute Gasteiger partial charge is 0.444 e. The highest BCUT2D eigenvalue weighted by Gasteiger charge is 2.24. The van der Waals surface area contributed by atoms with Crippen molar-refractivity contribution < 1.29 is 9.53 Å². The molecule has 0 spiro atoms. The van der Waals surface area contributed by atoms with Crippen molar-refractivity contribution >= 4 is 23.1 Å². The molecule has 1 aromatic heterocycles. The maximum atomic E-state index is 12.3. The molecule has 1 fully saturated rings. The Bertz CT molecular complexity index is 616. The summed E-state index contributed by atoms with van der Waals surface area (Å²) in [5.74, 6) is 1.65. The zero-order chi connectivity index (χ0) is 19.3. The Labute approximate surface area is 169 Å². The van der Waals surface area contributed by atoms with E-state index < -0.39 is 5.60 Å². The van der Waals surface area contributed by atoms with Gasteiger partial charge >= 0.3 is 6.09 Å². The van der Waals surface area contributed by atoms with Gasteiger partial charge in [0.05, 0.1) is 5.69 Å². The van der Waals surface area contributed by atoms with Crippen molar-refractivity contribution in [1.29, 1.82) is 0 Å². The fourth-order valence-electron chi connectivity index (χ4n) is 4.65. The molecule has 1 aromatic rings. The molecule has 4 heteroatoms. The number of nitrogens with one attached hydrogen (secondary N) is 1. The Morgan fingerprint density at radius 1 is 1.00 bits per heavy atom. The van der Waals surface area contributed by atoms with E-state index in [-0.39, 0.29) is 6.09 Å². The van der Waals surface area contributed by atoms with E-state index in [1.54, 1.807) is 0 Å². The van der Waals surface area contributed by atoms with Crippen LogP contribution in [-0.2, 0) is 17.6 Å². The molecular weight excluding hydrogens is 354 g/mol. The zero-order valence-corrected chi connectivity index (χ0v) is 18.3. The van der Waals surface area contributed by atoms with Crippen LogP contribution in [0.4, 0.5) is 10.5 Å². The number of thiophene rings is 1. The van der Waals surface area contributed by atoms with Crippen molar-refractivity contribution in [2.75, 3.05) is 5.32 Å². The molecular formula is C23H37NO2S. The molecule has 0 saturated heterocycles. The molecule has 0 aromatic carbocycles. The number of rotatable bonds is 1. The minimum Gasteiger partial charge on any atom is -0.444 e. The summed E-state index contributed by atoms with van der Waals surface area (Å²) in [6.45, 7) is 5.74. The van der Waals surface area contributed by atoms with Crippen LogP contribution in [0.2, 0.25) is 0 Å². The van der Waals surface area contributed by atoms with Crippen LogP contribution in [0.25, 0.3) is 0 Å². The van der Waals surface area contributed by atoms with E-state index in [4.69, 9.17) is 4.74 Å². The molecule has 3 nitrogen and oxygen atoms in total. The van der Waals surface area contributed by atoms with Crippen molar-refractivity contribution in [2.45, 2.75) is 103 Å². The third-order valence-electron chi connectivity index (χ3n) is 6.10. The van der Waals surface area contributed by atoms with Crippen LogP contribution in [0.1, 0.15) is 95.4 Å². The lowest BCUT2D eigenvalue weighted by molar-refractivity contribution is 0.0636. The first-order valence-corrected chi connectivity index (χ1v) is 11.9. The average Bonchev–Trinajstić information content (AvgIpc) is 2.94. The van der Waals surface area contributed by atoms with E-state index in [0.29, 0.717) is 0 Å². The highest BCUT2D eigenvalue weighted by atomic mass is 32.1. The molecule has 3 rings (SSSR count). The lowest BCUT2D eigenvalue weighted by Gasteiger charge is -2.21. The first-order chi connectivity index (χ1) is 12.9. The third kappa shape index (κ3) is 6.51. The van der Waals surface area contributed by atoms with E-state index in [1.807, 2.05) is 32.1 Å². The molecule has 1 heterocycles. The molecule has 1 amide bonds. The maximum Gasteiger partial charge on any atom is 0.412 e. The van der Waals surface area contributed by atoms with E-state index in [2.05, 4.69) is 10.7 Å². The van der Waals surface area contributed by atoms with Gasteiger partial charge < -0.3 is 4.74 Å². The summed E-state index contributed by atoms with van der Waals surface area (Å²) in [7, 11) is 0. The molecule has 2 atom stereocenters. The molecule has 2 aliphatic rings. The Kier molecular flexibility index (Phi) is 7.24. The van der Waals surface area contributed by atoms with Crippen LogP contribution in [0.5, 0.6) is 0 Å². The normalized spacial score (nSPS) is 24.7. The van der Waals surface area contributed by atoms with E-state index in [1.165, 1.54) is 81.1 Å². The Morgan fingerprint density at radius 3 is 2.41 bits per heavy atom. The number of fused-ring (bicyclic) bond motifs is 4. The molecule has 2 unspecified atom stereocenters. The van der Waals surface area contributed by atoms with Gasteiger partial charge in [0.1, 0.15) is 5.60 Å². The van der Waals surface area contributed by atoms with E-state index in [0.717, 1.165) is 23.9 Å². The molecule has 2 bridgehead atoms. The SMILES string of the molecule is CC(C)(C)OC(=O)Nc1csc2c1CC1CCCCCCCC(CC2)CC1. The highest BCUT2D eigenvalue weighted by Crippen LogP contribution is 2.38. The molecule has 152 valence electrons. The summed E-state index contributed by atoms with van der Waals surface area (Å²) in [6, 6.07) is 0. The van der Waals surface area contributed by atoms with Gasteiger partial charge in [0.25, 0.3) is 0 Å². The van der Waals surface area contributed by atoms with Crippen LogP contribution in [0.3, 0.4) is 0 Å². The first-order valence-electron chi connectivity index (χ1n) is 11.0. The molecule has 1 N–H and O–H groups in total. The van der Waals surface area contributed by atoms with E-state index in [9.17, 15) is 4.79 Å². The van der Waals surface area contributed by atoms with Crippen molar-refractivity contribution in [3.8, 4) is 0 Å². The standard InChI is InChI=1S/C23H37NO2S/c1-23(2,3)26-22(25)24-20-16-27-21-14-13-17-9-7-5-4-6-8-10-18(12-11-17)15-19(20)21/h16-18H,4-15H2,1-3H3,(H,24,25). The number of aryl methyl sites for hydroxylation is 1. The zero-order valence-electron chi connectivity index (χ0n) is 17.4. The lowest BCUT2D eigenvalue weighted by atomic mass is 9.87. The van der Waals surface area contributed by atoms with Gasteiger partial charge in [-0.3, -0.25) is 5.32 Å². The number of hydrogen-bond donors (Lipinski definition) is 1. The Morgan fingerprint density at radius 2 is 1.67 bits per heavy atom. The van der Waals surface area contributed by atoms with E-state index >= 15 is 0 Å². The topological polar surface area (TPSA) is 38.3 Å². The fraction of sp³-hybridized carbons (Fsp3) is 0.783. The summed E-state index contributed by atoms with van der Waals surface area (Å²) < 4.78 is 5.49. The Balaban J connectivity index is 1.77. The third-order valence-corrected chi connectivity index (χ3v) is 7.19.